The molecule has 1 aromatic heterocycles. The molecule has 0 aliphatic carbocycles. The Hall–Kier alpha value is -3.20. The second-order valence-corrected chi connectivity index (χ2v) is 6.27. The molecule has 0 N–H and O–H groups in total. The van der Waals surface area contributed by atoms with E-state index in [1.807, 2.05) is 54.6 Å². The molecule has 0 aliphatic heterocycles. The second kappa shape index (κ2) is 6.02. The third kappa shape index (κ3) is 2.64. The number of hydrogen-bond donors (Lipinski definition) is 0. The summed E-state index contributed by atoms with van der Waals surface area (Å²) in [6.45, 7) is 4.14. The van der Waals surface area contributed by atoms with Crippen molar-refractivity contribution in [2.75, 3.05) is 0 Å². The molecule has 122 valence electrons. The van der Waals surface area contributed by atoms with E-state index in [0.29, 0.717) is 5.39 Å². The zero-order valence-electron chi connectivity index (χ0n) is 14.2. The summed E-state index contributed by atoms with van der Waals surface area (Å²) in [5.41, 5.74) is 4.87. The minimum atomic E-state index is -0.101. The number of aryl methyl sites for hydroxylation is 2. The Balaban J connectivity index is 2.13. The van der Waals surface area contributed by atoms with Crippen LogP contribution < -0.4 is 5.56 Å². The molecule has 3 heteroatoms. The standard InChI is InChI=1S/C22H18N2O/c1-15-12-13-16(2)20(14-15)21-18-10-6-7-11-19(18)22(25)24(23-21)17-8-4-3-5-9-17/h3-14H,1-2H3. The zero-order chi connectivity index (χ0) is 17.4. The van der Waals surface area contributed by atoms with E-state index in [4.69, 9.17) is 5.10 Å². The van der Waals surface area contributed by atoms with E-state index in [1.54, 1.807) is 0 Å². The number of hydrogen-bond acceptors (Lipinski definition) is 2. The second-order valence-electron chi connectivity index (χ2n) is 6.27. The average Bonchev–Trinajstić information content (AvgIpc) is 2.65. The Labute approximate surface area is 146 Å². The van der Waals surface area contributed by atoms with Crippen LogP contribution in [0.25, 0.3) is 27.7 Å². The van der Waals surface area contributed by atoms with Gasteiger partial charge < -0.3 is 0 Å². The molecule has 0 aliphatic rings. The Bertz CT molecular complexity index is 1130. The fourth-order valence-electron chi connectivity index (χ4n) is 3.12. The van der Waals surface area contributed by atoms with Crippen molar-refractivity contribution in [2.24, 2.45) is 0 Å². The molecular weight excluding hydrogens is 308 g/mol. The van der Waals surface area contributed by atoms with Crippen LogP contribution in [-0.2, 0) is 0 Å². The van der Waals surface area contributed by atoms with Crippen LogP contribution in [0.15, 0.2) is 77.6 Å². The molecule has 25 heavy (non-hydrogen) atoms. The number of aromatic nitrogens is 2. The maximum atomic E-state index is 13.0. The van der Waals surface area contributed by atoms with Crippen molar-refractivity contribution in [3.8, 4) is 16.9 Å². The monoisotopic (exact) mass is 326 g/mol. The van der Waals surface area contributed by atoms with Crippen LogP contribution in [0.2, 0.25) is 0 Å². The van der Waals surface area contributed by atoms with Crippen molar-refractivity contribution >= 4 is 10.8 Å². The molecule has 0 unspecified atom stereocenters. The van der Waals surface area contributed by atoms with Crippen LogP contribution in [0.5, 0.6) is 0 Å². The summed E-state index contributed by atoms with van der Waals surface area (Å²) in [5, 5.41) is 6.31. The van der Waals surface area contributed by atoms with Gasteiger partial charge in [0.05, 0.1) is 16.8 Å². The molecule has 0 amide bonds. The Morgan fingerprint density at radius 3 is 2.24 bits per heavy atom. The van der Waals surface area contributed by atoms with Gasteiger partial charge in [-0.15, -0.1) is 0 Å². The summed E-state index contributed by atoms with van der Waals surface area (Å²) < 4.78 is 1.50. The summed E-state index contributed by atoms with van der Waals surface area (Å²) in [7, 11) is 0. The average molecular weight is 326 g/mol. The summed E-state index contributed by atoms with van der Waals surface area (Å²) in [6, 6.07) is 23.6. The maximum absolute atomic E-state index is 13.0. The number of fused-ring (bicyclic) bond motifs is 1. The number of rotatable bonds is 2. The van der Waals surface area contributed by atoms with Gasteiger partial charge in [0.25, 0.3) is 5.56 Å². The van der Waals surface area contributed by atoms with E-state index in [1.165, 1.54) is 10.2 Å². The quantitative estimate of drug-likeness (QED) is 0.536. The van der Waals surface area contributed by atoms with E-state index >= 15 is 0 Å². The molecule has 4 aromatic rings. The van der Waals surface area contributed by atoms with Gasteiger partial charge in [-0.1, -0.05) is 54.1 Å². The summed E-state index contributed by atoms with van der Waals surface area (Å²) in [6.07, 6.45) is 0. The molecule has 0 saturated carbocycles. The predicted molar refractivity (Wildman–Crippen MR) is 102 cm³/mol. The van der Waals surface area contributed by atoms with Gasteiger partial charge in [0.2, 0.25) is 0 Å². The smallest absolute Gasteiger partial charge is 0.267 e. The third-order valence-corrected chi connectivity index (χ3v) is 4.45. The highest BCUT2D eigenvalue weighted by Gasteiger charge is 2.14. The highest BCUT2D eigenvalue weighted by Crippen LogP contribution is 2.28. The van der Waals surface area contributed by atoms with Gasteiger partial charge in [0, 0.05) is 10.9 Å². The molecule has 3 aromatic carbocycles. The van der Waals surface area contributed by atoms with Crippen molar-refractivity contribution in [3.63, 3.8) is 0 Å². The fourth-order valence-corrected chi connectivity index (χ4v) is 3.12. The third-order valence-electron chi connectivity index (χ3n) is 4.45. The molecular formula is C22H18N2O. The lowest BCUT2D eigenvalue weighted by molar-refractivity contribution is 0.826. The van der Waals surface area contributed by atoms with Gasteiger partial charge in [-0.05, 0) is 43.7 Å². The molecule has 0 bridgehead atoms. The summed E-state index contributed by atoms with van der Waals surface area (Å²) in [4.78, 5) is 13.0. The van der Waals surface area contributed by atoms with Crippen molar-refractivity contribution in [1.29, 1.82) is 0 Å². The van der Waals surface area contributed by atoms with Crippen LogP contribution in [-0.4, -0.2) is 9.78 Å². The van der Waals surface area contributed by atoms with Gasteiger partial charge in [-0.25, -0.2) is 0 Å². The predicted octanol–water partition coefficient (Wildman–Crippen LogP) is 4.67. The van der Waals surface area contributed by atoms with E-state index in [2.05, 4.69) is 32.0 Å². The Morgan fingerprint density at radius 1 is 0.800 bits per heavy atom. The Morgan fingerprint density at radius 2 is 1.48 bits per heavy atom. The normalized spacial score (nSPS) is 11.0. The molecule has 0 spiro atoms. The minimum absolute atomic E-state index is 0.101. The van der Waals surface area contributed by atoms with E-state index < -0.39 is 0 Å². The summed E-state index contributed by atoms with van der Waals surface area (Å²) >= 11 is 0. The van der Waals surface area contributed by atoms with E-state index in [-0.39, 0.29) is 5.56 Å². The van der Waals surface area contributed by atoms with Crippen molar-refractivity contribution in [1.82, 2.24) is 9.78 Å². The van der Waals surface area contributed by atoms with Gasteiger partial charge in [-0.2, -0.15) is 9.78 Å². The zero-order valence-corrected chi connectivity index (χ0v) is 14.2. The molecule has 0 fully saturated rings. The molecule has 0 saturated heterocycles. The van der Waals surface area contributed by atoms with Crippen LogP contribution >= 0.6 is 0 Å². The SMILES string of the molecule is Cc1ccc(C)c(-c2nn(-c3ccccc3)c(=O)c3ccccc23)c1. The summed E-state index contributed by atoms with van der Waals surface area (Å²) in [5.74, 6) is 0. The number of para-hydroxylation sites is 1. The van der Waals surface area contributed by atoms with Crippen molar-refractivity contribution in [3.05, 3.63) is 94.3 Å². The van der Waals surface area contributed by atoms with Crippen LogP contribution in [0.4, 0.5) is 0 Å². The van der Waals surface area contributed by atoms with Gasteiger partial charge in [0.1, 0.15) is 0 Å². The van der Waals surface area contributed by atoms with Crippen LogP contribution in [0.3, 0.4) is 0 Å². The first kappa shape index (κ1) is 15.3. The lowest BCUT2D eigenvalue weighted by atomic mass is 9.99. The number of benzene rings is 3. The first-order valence-electron chi connectivity index (χ1n) is 8.30. The highest BCUT2D eigenvalue weighted by molar-refractivity contribution is 5.94. The minimum Gasteiger partial charge on any atom is -0.267 e. The van der Waals surface area contributed by atoms with Crippen molar-refractivity contribution < 1.29 is 0 Å². The molecule has 1 heterocycles. The molecule has 0 radical (unpaired) electrons. The Kier molecular flexibility index (Phi) is 3.69. The van der Waals surface area contributed by atoms with Crippen LogP contribution in [0.1, 0.15) is 11.1 Å². The van der Waals surface area contributed by atoms with Gasteiger partial charge in [0.15, 0.2) is 0 Å². The topological polar surface area (TPSA) is 34.9 Å². The number of nitrogens with zero attached hydrogens (tertiary/aromatic N) is 2. The highest BCUT2D eigenvalue weighted by atomic mass is 16.1. The van der Waals surface area contributed by atoms with E-state index in [9.17, 15) is 4.79 Å². The van der Waals surface area contributed by atoms with Crippen molar-refractivity contribution in [2.45, 2.75) is 13.8 Å². The maximum Gasteiger partial charge on any atom is 0.279 e. The van der Waals surface area contributed by atoms with Crippen LogP contribution in [0, 0.1) is 13.8 Å². The lowest BCUT2D eigenvalue weighted by Crippen LogP contribution is -2.22. The lowest BCUT2D eigenvalue weighted by Gasteiger charge is -2.13. The molecule has 4 rings (SSSR count). The first-order valence-corrected chi connectivity index (χ1v) is 8.30. The van der Waals surface area contributed by atoms with Gasteiger partial charge >= 0.3 is 0 Å². The van der Waals surface area contributed by atoms with E-state index in [0.717, 1.165) is 27.9 Å². The molecule has 0 atom stereocenters. The molecule has 3 nitrogen and oxygen atoms in total. The van der Waals surface area contributed by atoms with Gasteiger partial charge in [-0.3, -0.25) is 4.79 Å². The largest absolute Gasteiger partial charge is 0.279 e. The first-order chi connectivity index (χ1) is 12.1. The fraction of sp³-hybridized carbons (Fsp3) is 0.0909.